The zero-order valence-corrected chi connectivity index (χ0v) is 20.0. The fraction of sp³-hybridized carbons (Fsp3) is 0.269. The molecule has 1 amide bonds. The Bertz CT molecular complexity index is 1120. The number of carbonyl (C=O) groups is 2. The molecule has 0 fully saturated rings. The van der Waals surface area contributed by atoms with Gasteiger partial charge in [-0.25, -0.2) is 0 Å². The summed E-state index contributed by atoms with van der Waals surface area (Å²) in [6, 6.07) is 16.5. The number of carboxylic acids is 1. The van der Waals surface area contributed by atoms with Gasteiger partial charge in [-0.15, -0.1) is 0 Å². The molecule has 1 aliphatic rings. The number of carbonyl (C=O) groups excluding carboxylic acids is 1. The Morgan fingerprint density at radius 3 is 2.47 bits per heavy atom. The number of ether oxygens (including phenoxy) is 2. The van der Waals surface area contributed by atoms with Crippen molar-refractivity contribution in [3.63, 3.8) is 0 Å². The number of hydrogen-bond acceptors (Lipinski definition) is 5. The van der Waals surface area contributed by atoms with E-state index in [1.54, 1.807) is 31.2 Å². The minimum atomic E-state index is -1.09. The second kappa shape index (κ2) is 11.7. The van der Waals surface area contributed by atoms with E-state index < -0.39 is 30.0 Å². The van der Waals surface area contributed by atoms with Gasteiger partial charge in [-0.2, -0.15) is 0 Å². The van der Waals surface area contributed by atoms with Crippen molar-refractivity contribution in [2.24, 2.45) is 10.9 Å². The van der Waals surface area contributed by atoms with Gasteiger partial charge in [0.15, 0.2) is 0 Å². The van der Waals surface area contributed by atoms with Crippen LogP contribution in [0.3, 0.4) is 0 Å². The third-order valence-corrected chi connectivity index (χ3v) is 5.76. The number of amides is 1. The van der Waals surface area contributed by atoms with Crippen molar-refractivity contribution in [3.8, 4) is 0 Å². The molecular formula is C26H27ClN2O5. The Labute approximate surface area is 203 Å². The van der Waals surface area contributed by atoms with Crippen LogP contribution in [0.5, 0.6) is 0 Å². The lowest BCUT2D eigenvalue weighted by Crippen LogP contribution is -2.40. The van der Waals surface area contributed by atoms with Crippen LogP contribution >= 0.6 is 11.6 Å². The molecule has 1 aliphatic heterocycles. The molecule has 0 radical (unpaired) electrons. The summed E-state index contributed by atoms with van der Waals surface area (Å²) in [4.78, 5) is 30.2. The summed E-state index contributed by atoms with van der Waals surface area (Å²) in [6.07, 6.45) is 2.75. The molecule has 0 bridgehead atoms. The van der Waals surface area contributed by atoms with Gasteiger partial charge in [0, 0.05) is 37.4 Å². The summed E-state index contributed by atoms with van der Waals surface area (Å²) >= 11 is 6.22. The molecule has 2 aromatic rings. The van der Waals surface area contributed by atoms with Crippen molar-refractivity contribution in [1.82, 2.24) is 5.32 Å². The molecule has 34 heavy (non-hydrogen) atoms. The number of carboxylic acid groups (broad SMARTS) is 1. The highest BCUT2D eigenvalue weighted by Crippen LogP contribution is 2.41. The fourth-order valence-corrected chi connectivity index (χ4v) is 4.23. The van der Waals surface area contributed by atoms with Crippen LogP contribution in [0.25, 0.3) is 6.08 Å². The molecule has 0 aromatic heterocycles. The molecule has 7 nitrogen and oxygen atoms in total. The van der Waals surface area contributed by atoms with E-state index in [-0.39, 0.29) is 17.8 Å². The maximum Gasteiger partial charge on any atom is 0.313 e. The van der Waals surface area contributed by atoms with Gasteiger partial charge in [-0.05, 0) is 30.2 Å². The quantitative estimate of drug-likeness (QED) is 0.519. The molecule has 2 atom stereocenters. The Kier molecular flexibility index (Phi) is 8.76. The fourth-order valence-electron chi connectivity index (χ4n) is 4.03. The van der Waals surface area contributed by atoms with Crippen molar-refractivity contribution in [2.45, 2.75) is 19.1 Å². The highest BCUT2D eigenvalue weighted by molar-refractivity contribution is 6.30. The van der Waals surface area contributed by atoms with Crippen LogP contribution in [-0.2, 0) is 19.1 Å². The van der Waals surface area contributed by atoms with E-state index in [4.69, 9.17) is 21.1 Å². The minimum Gasteiger partial charge on any atom is -0.481 e. The topological polar surface area (TPSA) is 97.2 Å². The molecule has 0 aliphatic carbocycles. The highest BCUT2D eigenvalue weighted by atomic mass is 35.5. The molecule has 8 heteroatoms. The van der Waals surface area contributed by atoms with Crippen LogP contribution in [0, 0.1) is 5.92 Å². The van der Waals surface area contributed by atoms with E-state index in [9.17, 15) is 14.7 Å². The average Bonchev–Trinajstić information content (AvgIpc) is 2.82. The first-order chi connectivity index (χ1) is 16.4. The third-order valence-electron chi connectivity index (χ3n) is 5.53. The Morgan fingerprint density at radius 2 is 1.85 bits per heavy atom. The lowest BCUT2D eigenvalue weighted by Gasteiger charge is -2.33. The lowest BCUT2D eigenvalue weighted by molar-refractivity contribution is -0.140. The lowest BCUT2D eigenvalue weighted by atomic mass is 9.75. The Morgan fingerprint density at radius 1 is 1.15 bits per heavy atom. The maximum atomic E-state index is 13.5. The number of rotatable bonds is 9. The number of aliphatic imine (C=N–C) groups is 1. The number of nitrogens with one attached hydrogen (secondary N) is 1. The molecule has 178 valence electrons. The summed E-state index contributed by atoms with van der Waals surface area (Å²) in [5.41, 5.74) is 2.32. The number of benzene rings is 2. The summed E-state index contributed by atoms with van der Waals surface area (Å²) in [6.45, 7) is 1.85. The van der Waals surface area contributed by atoms with Gasteiger partial charge < -0.3 is 19.9 Å². The highest BCUT2D eigenvalue weighted by Gasteiger charge is 2.43. The normalized spacial score (nSPS) is 18.3. The predicted molar refractivity (Wildman–Crippen MR) is 132 cm³/mol. The summed E-state index contributed by atoms with van der Waals surface area (Å²) in [7, 11) is 2.86. The molecule has 2 aromatic carbocycles. The van der Waals surface area contributed by atoms with Crippen LogP contribution in [0.15, 0.2) is 76.9 Å². The largest absolute Gasteiger partial charge is 0.481 e. The maximum absolute atomic E-state index is 13.5. The molecule has 0 saturated heterocycles. The Balaban J connectivity index is 2.04. The number of aliphatic carboxylic acids is 1. The SMILES string of the molecule is COC(OC)C1=C(C(=O)NCC=Cc2ccccc2)C(c2cccc(Cl)c2)C(C(=O)O)C(C)=N1. The van der Waals surface area contributed by atoms with Gasteiger partial charge in [-0.1, -0.05) is 66.2 Å². The van der Waals surface area contributed by atoms with Crippen LogP contribution < -0.4 is 5.32 Å². The predicted octanol–water partition coefficient (Wildman–Crippen LogP) is 4.30. The monoisotopic (exact) mass is 482 g/mol. The first-order valence-electron chi connectivity index (χ1n) is 10.7. The van der Waals surface area contributed by atoms with Crippen LogP contribution in [0.1, 0.15) is 24.0 Å². The average molecular weight is 483 g/mol. The van der Waals surface area contributed by atoms with E-state index in [0.717, 1.165) is 5.56 Å². The van der Waals surface area contributed by atoms with Gasteiger partial charge in [0.25, 0.3) is 0 Å². The zero-order chi connectivity index (χ0) is 24.7. The smallest absolute Gasteiger partial charge is 0.313 e. The van der Waals surface area contributed by atoms with Crippen LogP contribution in [-0.4, -0.2) is 49.7 Å². The van der Waals surface area contributed by atoms with Crippen LogP contribution in [0.2, 0.25) is 5.02 Å². The van der Waals surface area contributed by atoms with Crippen molar-refractivity contribution >= 4 is 35.3 Å². The van der Waals surface area contributed by atoms with Crippen molar-refractivity contribution in [1.29, 1.82) is 0 Å². The van der Waals surface area contributed by atoms with Gasteiger partial charge in [-0.3, -0.25) is 14.6 Å². The number of hydrogen-bond donors (Lipinski definition) is 2. The number of nitrogens with zero attached hydrogens (tertiary/aromatic N) is 1. The molecule has 0 saturated carbocycles. The molecule has 3 rings (SSSR count). The molecular weight excluding hydrogens is 456 g/mol. The van der Waals surface area contributed by atoms with Crippen molar-refractivity contribution in [2.75, 3.05) is 20.8 Å². The second-order valence-corrected chi connectivity index (χ2v) is 8.16. The van der Waals surface area contributed by atoms with Gasteiger partial charge in [0.1, 0.15) is 11.6 Å². The first-order valence-corrected chi connectivity index (χ1v) is 11.1. The molecule has 2 N–H and O–H groups in total. The molecule has 1 heterocycles. The van der Waals surface area contributed by atoms with Gasteiger partial charge >= 0.3 is 5.97 Å². The number of methoxy groups -OCH3 is 2. The van der Waals surface area contributed by atoms with Crippen LogP contribution in [0.4, 0.5) is 0 Å². The second-order valence-electron chi connectivity index (χ2n) is 7.73. The summed E-state index contributed by atoms with van der Waals surface area (Å²) in [5, 5.41) is 13.3. The van der Waals surface area contributed by atoms with Crippen molar-refractivity contribution < 1.29 is 24.2 Å². The van der Waals surface area contributed by atoms with Crippen molar-refractivity contribution in [3.05, 3.63) is 88.1 Å². The van der Waals surface area contributed by atoms with E-state index in [1.807, 2.05) is 42.5 Å². The molecule has 0 spiro atoms. The first kappa shape index (κ1) is 25.4. The minimum absolute atomic E-state index is 0.169. The van der Waals surface area contributed by atoms with E-state index >= 15 is 0 Å². The summed E-state index contributed by atoms with van der Waals surface area (Å²) < 4.78 is 10.8. The van der Waals surface area contributed by atoms with Gasteiger partial charge in [0.05, 0.1) is 5.57 Å². The van der Waals surface area contributed by atoms with E-state index in [1.165, 1.54) is 14.2 Å². The standard InChI is InChI=1S/C26H27ClN2O5/c1-16-20(25(31)32)21(18-12-7-13-19(27)15-18)22(23(29-16)26(33-2)34-3)24(30)28-14-8-11-17-9-5-4-6-10-17/h4-13,15,20-21,26H,14H2,1-3H3,(H,28,30)(H,31,32). The van der Waals surface area contributed by atoms with Gasteiger partial charge in [0.2, 0.25) is 12.2 Å². The Hall–Kier alpha value is -3.26. The van der Waals surface area contributed by atoms with E-state index in [0.29, 0.717) is 16.3 Å². The molecule has 2 unspecified atom stereocenters. The third kappa shape index (κ3) is 5.80. The summed E-state index contributed by atoms with van der Waals surface area (Å²) in [5.74, 6) is -3.45. The zero-order valence-electron chi connectivity index (χ0n) is 19.2. The van der Waals surface area contributed by atoms with E-state index in [2.05, 4.69) is 10.3 Å². The number of halogens is 1.